The second kappa shape index (κ2) is 4.49. The smallest absolute Gasteiger partial charge is 0.227 e. The highest BCUT2D eigenvalue weighted by atomic mass is 16.2. The number of nitrogens with one attached hydrogen (secondary N) is 1. The van der Waals surface area contributed by atoms with Crippen LogP contribution in [-0.4, -0.2) is 41.6 Å². The third-order valence-electron chi connectivity index (χ3n) is 2.72. The van der Waals surface area contributed by atoms with Crippen molar-refractivity contribution in [3.05, 3.63) is 24.0 Å². The molecule has 1 saturated heterocycles. The van der Waals surface area contributed by atoms with Gasteiger partial charge < -0.3 is 14.8 Å². The maximum absolute atomic E-state index is 11.9. The van der Waals surface area contributed by atoms with Crippen LogP contribution in [0.1, 0.15) is 5.56 Å². The summed E-state index contributed by atoms with van der Waals surface area (Å²) in [5, 5.41) is 3.24. The Kier molecular flexibility index (Phi) is 3.06. The molecule has 1 aromatic heterocycles. The molecule has 4 heteroatoms. The molecule has 1 amide bonds. The molecule has 2 rings (SSSR count). The summed E-state index contributed by atoms with van der Waals surface area (Å²) < 4.78 is 1.97. The summed E-state index contributed by atoms with van der Waals surface area (Å²) >= 11 is 0. The zero-order chi connectivity index (χ0) is 10.7. The van der Waals surface area contributed by atoms with Crippen molar-refractivity contribution in [1.29, 1.82) is 0 Å². The molecule has 0 aliphatic carbocycles. The lowest BCUT2D eigenvalue weighted by atomic mass is 10.2. The molecule has 0 spiro atoms. The SMILES string of the molecule is Cn1ccc(CC(=O)N2CCNCC2)c1. The molecule has 0 unspecified atom stereocenters. The molecule has 0 atom stereocenters. The lowest BCUT2D eigenvalue weighted by Crippen LogP contribution is -2.46. The first-order chi connectivity index (χ1) is 7.25. The Hall–Kier alpha value is -1.29. The van der Waals surface area contributed by atoms with Gasteiger partial charge in [-0.05, 0) is 11.6 Å². The van der Waals surface area contributed by atoms with Crippen LogP contribution in [0.2, 0.25) is 0 Å². The third kappa shape index (κ3) is 2.59. The Morgan fingerprint density at radius 2 is 2.20 bits per heavy atom. The van der Waals surface area contributed by atoms with E-state index in [9.17, 15) is 4.79 Å². The lowest BCUT2D eigenvalue weighted by Gasteiger charge is -2.27. The monoisotopic (exact) mass is 207 g/mol. The van der Waals surface area contributed by atoms with Gasteiger partial charge in [-0.3, -0.25) is 4.79 Å². The molecule has 1 aliphatic rings. The summed E-state index contributed by atoms with van der Waals surface area (Å²) in [6, 6.07) is 2.00. The highest BCUT2D eigenvalue weighted by Gasteiger charge is 2.16. The number of amides is 1. The Labute approximate surface area is 89.9 Å². The van der Waals surface area contributed by atoms with Crippen LogP contribution in [0.15, 0.2) is 18.5 Å². The van der Waals surface area contributed by atoms with Gasteiger partial charge in [0.15, 0.2) is 0 Å². The first-order valence-corrected chi connectivity index (χ1v) is 5.35. The van der Waals surface area contributed by atoms with Crippen molar-refractivity contribution in [1.82, 2.24) is 14.8 Å². The first kappa shape index (κ1) is 10.2. The van der Waals surface area contributed by atoms with Crippen molar-refractivity contribution in [3.8, 4) is 0 Å². The predicted octanol–water partition coefficient (Wildman–Crippen LogP) is -0.000600. The van der Waals surface area contributed by atoms with Crippen molar-refractivity contribution in [2.75, 3.05) is 26.2 Å². The number of carbonyl (C=O) groups is 1. The van der Waals surface area contributed by atoms with Crippen LogP contribution in [0, 0.1) is 0 Å². The molecule has 0 aromatic carbocycles. The fourth-order valence-corrected chi connectivity index (χ4v) is 1.87. The molecule has 1 aromatic rings. The van der Waals surface area contributed by atoms with Crippen molar-refractivity contribution in [3.63, 3.8) is 0 Å². The van der Waals surface area contributed by atoms with Gasteiger partial charge in [-0.1, -0.05) is 0 Å². The van der Waals surface area contributed by atoms with E-state index in [0.29, 0.717) is 6.42 Å². The molecular formula is C11H17N3O. The average Bonchev–Trinajstić information content (AvgIpc) is 2.65. The standard InChI is InChI=1S/C11H17N3O/c1-13-5-2-10(9-13)8-11(15)14-6-3-12-4-7-14/h2,5,9,12H,3-4,6-8H2,1H3. The second-order valence-corrected chi connectivity index (χ2v) is 3.99. The van der Waals surface area contributed by atoms with Crippen molar-refractivity contribution in [2.24, 2.45) is 7.05 Å². The highest BCUT2D eigenvalue weighted by molar-refractivity contribution is 5.78. The van der Waals surface area contributed by atoms with Gasteiger partial charge in [0.05, 0.1) is 6.42 Å². The largest absolute Gasteiger partial charge is 0.357 e. The van der Waals surface area contributed by atoms with Crippen LogP contribution in [0.4, 0.5) is 0 Å². The van der Waals surface area contributed by atoms with Crippen molar-refractivity contribution < 1.29 is 4.79 Å². The van der Waals surface area contributed by atoms with Gasteiger partial charge in [-0.2, -0.15) is 0 Å². The van der Waals surface area contributed by atoms with Crippen LogP contribution in [0.25, 0.3) is 0 Å². The maximum atomic E-state index is 11.9. The molecule has 1 fully saturated rings. The van der Waals surface area contributed by atoms with E-state index < -0.39 is 0 Å². The normalized spacial score (nSPS) is 16.7. The predicted molar refractivity (Wildman–Crippen MR) is 58.6 cm³/mol. The Morgan fingerprint density at radius 3 is 2.80 bits per heavy atom. The van der Waals surface area contributed by atoms with E-state index in [0.717, 1.165) is 31.7 Å². The summed E-state index contributed by atoms with van der Waals surface area (Å²) in [5.74, 6) is 0.239. The Morgan fingerprint density at radius 1 is 1.47 bits per heavy atom. The van der Waals surface area contributed by atoms with Crippen LogP contribution in [-0.2, 0) is 18.3 Å². The van der Waals surface area contributed by atoms with Gasteiger partial charge in [-0.15, -0.1) is 0 Å². The van der Waals surface area contributed by atoms with E-state index >= 15 is 0 Å². The third-order valence-corrected chi connectivity index (χ3v) is 2.72. The summed E-state index contributed by atoms with van der Waals surface area (Å²) in [5.41, 5.74) is 1.10. The summed E-state index contributed by atoms with van der Waals surface area (Å²) in [6.07, 6.45) is 4.50. The molecule has 15 heavy (non-hydrogen) atoms. The molecule has 0 radical (unpaired) electrons. The number of nitrogens with zero attached hydrogens (tertiary/aromatic N) is 2. The van der Waals surface area contributed by atoms with Crippen molar-refractivity contribution >= 4 is 5.91 Å². The minimum absolute atomic E-state index is 0.239. The zero-order valence-corrected chi connectivity index (χ0v) is 9.07. The van der Waals surface area contributed by atoms with E-state index in [1.165, 1.54) is 0 Å². The summed E-state index contributed by atoms with van der Waals surface area (Å²) in [6.45, 7) is 3.51. The van der Waals surface area contributed by atoms with Gasteiger partial charge in [0, 0.05) is 45.6 Å². The van der Waals surface area contributed by atoms with Crippen LogP contribution < -0.4 is 5.32 Å². The number of rotatable bonds is 2. The van der Waals surface area contributed by atoms with E-state index in [1.54, 1.807) is 0 Å². The molecule has 1 aliphatic heterocycles. The number of aryl methyl sites for hydroxylation is 1. The highest BCUT2D eigenvalue weighted by Crippen LogP contribution is 2.04. The maximum Gasteiger partial charge on any atom is 0.227 e. The van der Waals surface area contributed by atoms with Gasteiger partial charge in [0.25, 0.3) is 0 Å². The fourth-order valence-electron chi connectivity index (χ4n) is 1.87. The number of aromatic nitrogens is 1. The van der Waals surface area contributed by atoms with Crippen LogP contribution in [0.5, 0.6) is 0 Å². The zero-order valence-electron chi connectivity index (χ0n) is 9.07. The molecule has 0 saturated carbocycles. The summed E-state index contributed by atoms with van der Waals surface area (Å²) in [4.78, 5) is 13.8. The quantitative estimate of drug-likeness (QED) is 0.741. The first-order valence-electron chi connectivity index (χ1n) is 5.35. The summed E-state index contributed by atoms with van der Waals surface area (Å²) in [7, 11) is 1.97. The van der Waals surface area contributed by atoms with Crippen molar-refractivity contribution in [2.45, 2.75) is 6.42 Å². The molecule has 82 valence electrons. The topological polar surface area (TPSA) is 37.3 Å². The van der Waals surface area contributed by atoms with E-state index in [-0.39, 0.29) is 5.91 Å². The number of hydrogen-bond donors (Lipinski definition) is 1. The van der Waals surface area contributed by atoms with E-state index in [4.69, 9.17) is 0 Å². The Balaban J connectivity index is 1.91. The lowest BCUT2D eigenvalue weighted by molar-refractivity contribution is -0.131. The van der Waals surface area contributed by atoms with Gasteiger partial charge in [-0.25, -0.2) is 0 Å². The van der Waals surface area contributed by atoms with E-state index in [2.05, 4.69) is 5.32 Å². The van der Waals surface area contributed by atoms with Gasteiger partial charge >= 0.3 is 0 Å². The molecule has 2 heterocycles. The number of hydrogen-bond acceptors (Lipinski definition) is 2. The van der Waals surface area contributed by atoms with Crippen LogP contribution in [0.3, 0.4) is 0 Å². The molecular weight excluding hydrogens is 190 g/mol. The number of carbonyl (C=O) groups excluding carboxylic acids is 1. The minimum Gasteiger partial charge on any atom is -0.357 e. The molecule has 0 bridgehead atoms. The number of piperazine rings is 1. The average molecular weight is 207 g/mol. The minimum atomic E-state index is 0.239. The van der Waals surface area contributed by atoms with Crippen LogP contribution >= 0.6 is 0 Å². The second-order valence-electron chi connectivity index (χ2n) is 3.99. The van der Waals surface area contributed by atoms with Gasteiger partial charge in [0.1, 0.15) is 0 Å². The van der Waals surface area contributed by atoms with E-state index in [1.807, 2.05) is 35.0 Å². The Bertz CT molecular complexity index is 339. The molecule has 1 N–H and O–H groups in total. The van der Waals surface area contributed by atoms with Gasteiger partial charge in [0.2, 0.25) is 5.91 Å². The molecule has 4 nitrogen and oxygen atoms in total. The fraction of sp³-hybridized carbons (Fsp3) is 0.545.